The molecule has 2 aromatic rings. The van der Waals surface area contributed by atoms with Crippen molar-refractivity contribution in [1.29, 1.82) is 0 Å². The number of hydrazone groups is 1. The molecule has 0 atom stereocenters. The van der Waals surface area contributed by atoms with E-state index in [9.17, 15) is 0 Å². The minimum Gasteiger partial charge on any atom is -0.389 e. The lowest BCUT2D eigenvalue weighted by Crippen LogP contribution is -2.26. The van der Waals surface area contributed by atoms with Crippen LogP contribution in [0.2, 0.25) is 0 Å². The molecule has 2 aromatic carbocycles. The van der Waals surface area contributed by atoms with Crippen molar-refractivity contribution in [2.75, 3.05) is 7.05 Å². The molecule has 20 heavy (non-hydrogen) atoms. The summed E-state index contributed by atoms with van der Waals surface area (Å²) < 4.78 is 0. The highest BCUT2D eigenvalue weighted by atomic mass is 16.6. The first-order valence-corrected chi connectivity index (χ1v) is 6.45. The maximum atomic E-state index is 5.25. The van der Waals surface area contributed by atoms with E-state index in [1.807, 2.05) is 61.6 Å². The Morgan fingerprint density at radius 3 is 2.70 bits per heavy atom. The lowest BCUT2D eigenvalue weighted by Gasteiger charge is -2.21. The molecule has 0 bridgehead atoms. The van der Waals surface area contributed by atoms with E-state index in [2.05, 4.69) is 10.3 Å². The zero-order valence-corrected chi connectivity index (χ0v) is 11.2. The first-order chi connectivity index (χ1) is 9.84. The molecule has 0 spiro atoms. The number of fused-ring (bicyclic) bond motifs is 1. The van der Waals surface area contributed by atoms with Crippen molar-refractivity contribution in [3.63, 3.8) is 0 Å². The highest BCUT2D eigenvalue weighted by Crippen LogP contribution is 2.18. The van der Waals surface area contributed by atoms with Crippen molar-refractivity contribution in [2.45, 2.75) is 6.61 Å². The number of benzene rings is 2. The van der Waals surface area contributed by atoms with Crippen LogP contribution in [-0.2, 0) is 11.4 Å². The van der Waals surface area contributed by atoms with Gasteiger partial charge in [0.2, 0.25) is 0 Å². The van der Waals surface area contributed by atoms with E-state index < -0.39 is 0 Å². The number of hydrogen-bond acceptors (Lipinski definition) is 4. The third-order valence-corrected chi connectivity index (χ3v) is 3.12. The van der Waals surface area contributed by atoms with E-state index >= 15 is 0 Å². The highest BCUT2D eigenvalue weighted by molar-refractivity contribution is 6.00. The molecular formula is C16H15N3O. The Labute approximate surface area is 118 Å². The van der Waals surface area contributed by atoms with E-state index in [-0.39, 0.29) is 0 Å². The summed E-state index contributed by atoms with van der Waals surface area (Å²) in [5, 5.41) is 10.3. The Morgan fingerprint density at radius 1 is 1.10 bits per heavy atom. The van der Waals surface area contributed by atoms with Gasteiger partial charge in [-0.3, -0.25) is 0 Å². The zero-order chi connectivity index (χ0) is 13.8. The Hall–Kier alpha value is -2.62. The molecule has 1 aliphatic heterocycles. The largest absolute Gasteiger partial charge is 0.389 e. The number of rotatable bonds is 2. The third-order valence-electron chi connectivity index (χ3n) is 3.12. The molecule has 0 fully saturated rings. The first kappa shape index (κ1) is 12.4. The zero-order valence-electron chi connectivity index (χ0n) is 11.2. The second-order valence-corrected chi connectivity index (χ2v) is 4.52. The normalized spacial score (nSPS) is 13.6. The number of nitrogens with zero attached hydrogens (tertiary/aromatic N) is 3. The van der Waals surface area contributed by atoms with Crippen molar-refractivity contribution in [3.05, 3.63) is 71.3 Å². The van der Waals surface area contributed by atoms with Gasteiger partial charge in [-0.15, -0.1) is 0 Å². The average molecular weight is 265 g/mol. The smallest absolute Gasteiger partial charge is 0.195 e. The number of hydrogen-bond donors (Lipinski definition) is 0. The van der Waals surface area contributed by atoms with Gasteiger partial charge in [-0.05, 0) is 5.56 Å². The predicted molar refractivity (Wildman–Crippen MR) is 79.6 cm³/mol. The standard InChI is InChI=1S/C16H15N3O/c1-19(17-11-13-7-3-2-4-8-13)16-15-10-6-5-9-14(15)12-20-18-16/h2-11H,12H2,1H3/b17-11+. The van der Waals surface area contributed by atoms with E-state index in [1.165, 1.54) is 0 Å². The third kappa shape index (κ3) is 2.54. The summed E-state index contributed by atoms with van der Waals surface area (Å²) in [5.41, 5.74) is 3.23. The average Bonchev–Trinajstić information content (AvgIpc) is 2.53. The quantitative estimate of drug-likeness (QED) is 0.618. The van der Waals surface area contributed by atoms with Crippen molar-refractivity contribution < 1.29 is 4.84 Å². The molecule has 4 heteroatoms. The van der Waals surface area contributed by atoms with Crippen molar-refractivity contribution in [2.24, 2.45) is 10.3 Å². The van der Waals surface area contributed by atoms with E-state index in [0.29, 0.717) is 6.61 Å². The maximum Gasteiger partial charge on any atom is 0.195 e. The lowest BCUT2D eigenvalue weighted by atomic mass is 10.1. The molecule has 3 rings (SSSR count). The molecule has 0 aliphatic carbocycles. The van der Waals surface area contributed by atoms with Gasteiger partial charge in [-0.1, -0.05) is 59.8 Å². The minimum absolute atomic E-state index is 0.510. The second kappa shape index (κ2) is 5.57. The van der Waals surface area contributed by atoms with Crippen LogP contribution in [0.5, 0.6) is 0 Å². The summed E-state index contributed by atoms with van der Waals surface area (Å²) in [6.07, 6.45) is 1.81. The van der Waals surface area contributed by atoms with Crippen LogP contribution in [0.25, 0.3) is 0 Å². The van der Waals surface area contributed by atoms with Gasteiger partial charge in [0.1, 0.15) is 6.61 Å². The fourth-order valence-corrected chi connectivity index (χ4v) is 2.06. The Balaban J connectivity index is 1.83. The molecule has 1 aliphatic rings. The Kier molecular flexibility index (Phi) is 3.46. The summed E-state index contributed by atoms with van der Waals surface area (Å²) in [6.45, 7) is 0.510. The Bertz CT molecular complexity index is 650. The van der Waals surface area contributed by atoms with E-state index in [4.69, 9.17) is 4.84 Å². The number of oxime groups is 1. The Morgan fingerprint density at radius 2 is 1.85 bits per heavy atom. The summed E-state index contributed by atoms with van der Waals surface area (Å²) >= 11 is 0. The molecule has 0 unspecified atom stereocenters. The summed E-state index contributed by atoms with van der Waals surface area (Å²) in [7, 11) is 1.86. The van der Waals surface area contributed by atoms with Gasteiger partial charge in [-0.25, -0.2) is 5.01 Å². The van der Waals surface area contributed by atoms with Crippen molar-refractivity contribution in [3.8, 4) is 0 Å². The van der Waals surface area contributed by atoms with Gasteiger partial charge < -0.3 is 4.84 Å². The molecular weight excluding hydrogens is 250 g/mol. The van der Waals surface area contributed by atoms with Crippen molar-refractivity contribution >= 4 is 12.1 Å². The topological polar surface area (TPSA) is 37.2 Å². The monoisotopic (exact) mass is 265 g/mol. The fraction of sp³-hybridized carbons (Fsp3) is 0.125. The molecule has 0 saturated carbocycles. The molecule has 100 valence electrons. The molecule has 4 nitrogen and oxygen atoms in total. The van der Waals surface area contributed by atoms with Crippen LogP contribution in [-0.4, -0.2) is 24.1 Å². The minimum atomic E-state index is 0.510. The van der Waals surface area contributed by atoms with Gasteiger partial charge in [-0.2, -0.15) is 5.10 Å². The first-order valence-electron chi connectivity index (χ1n) is 6.45. The van der Waals surface area contributed by atoms with Gasteiger partial charge in [0, 0.05) is 18.2 Å². The van der Waals surface area contributed by atoms with Crippen LogP contribution in [0.15, 0.2) is 64.9 Å². The van der Waals surface area contributed by atoms with E-state index in [1.54, 1.807) is 11.2 Å². The molecule has 0 saturated heterocycles. The van der Waals surface area contributed by atoms with Crippen LogP contribution in [0.3, 0.4) is 0 Å². The van der Waals surface area contributed by atoms with Gasteiger partial charge in [0.05, 0.1) is 6.21 Å². The van der Waals surface area contributed by atoms with Gasteiger partial charge in [0.15, 0.2) is 5.84 Å². The molecule has 1 heterocycles. The van der Waals surface area contributed by atoms with Crippen LogP contribution >= 0.6 is 0 Å². The molecule has 0 aromatic heterocycles. The highest BCUT2D eigenvalue weighted by Gasteiger charge is 2.17. The van der Waals surface area contributed by atoms with Crippen LogP contribution in [0, 0.1) is 0 Å². The summed E-state index contributed by atoms with van der Waals surface area (Å²) in [4.78, 5) is 5.25. The second-order valence-electron chi connectivity index (χ2n) is 4.52. The van der Waals surface area contributed by atoms with E-state index in [0.717, 1.165) is 22.5 Å². The van der Waals surface area contributed by atoms with Crippen molar-refractivity contribution in [1.82, 2.24) is 5.01 Å². The molecule has 0 amide bonds. The fourth-order valence-electron chi connectivity index (χ4n) is 2.06. The lowest BCUT2D eigenvalue weighted by molar-refractivity contribution is 0.121. The van der Waals surface area contributed by atoms with Crippen LogP contribution in [0.1, 0.15) is 16.7 Å². The predicted octanol–water partition coefficient (Wildman–Crippen LogP) is 2.84. The van der Waals surface area contributed by atoms with Gasteiger partial charge in [0.25, 0.3) is 0 Å². The SMILES string of the molecule is CN(/N=C/c1ccccc1)C1=NOCc2ccccc21. The van der Waals surface area contributed by atoms with Crippen LogP contribution < -0.4 is 0 Å². The molecule has 0 radical (unpaired) electrons. The van der Waals surface area contributed by atoms with Gasteiger partial charge >= 0.3 is 0 Å². The van der Waals surface area contributed by atoms with Crippen LogP contribution in [0.4, 0.5) is 0 Å². The summed E-state index contributed by atoms with van der Waals surface area (Å²) in [5.74, 6) is 0.721. The maximum absolute atomic E-state index is 5.25. The molecule has 0 N–H and O–H groups in total. The number of amidine groups is 1. The summed E-state index contributed by atoms with van der Waals surface area (Å²) in [6, 6.07) is 18.0.